The van der Waals surface area contributed by atoms with E-state index in [2.05, 4.69) is 51.3 Å². The van der Waals surface area contributed by atoms with Crippen LogP contribution in [0.3, 0.4) is 0 Å². The fourth-order valence-electron chi connectivity index (χ4n) is 3.91. The van der Waals surface area contributed by atoms with Crippen LogP contribution in [-0.4, -0.2) is 28.7 Å². The molecule has 2 atom stereocenters. The molecule has 0 radical (unpaired) electrons. The van der Waals surface area contributed by atoms with Crippen molar-refractivity contribution in [3.8, 4) is 5.75 Å². The zero-order valence-corrected chi connectivity index (χ0v) is 19.8. The summed E-state index contributed by atoms with van der Waals surface area (Å²) in [6.07, 6.45) is 15.5. The van der Waals surface area contributed by atoms with Gasteiger partial charge in [0.1, 0.15) is 11.9 Å². The maximum absolute atomic E-state index is 9.96. The van der Waals surface area contributed by atoms with E-state index in [9.17, 15) is 4.79 Å². The molecule has 1 aromatic carbocycles. The van der Waals surface area contributed by atoms with Crippen LogP contribution >= 0.6 is 11.8 Å². The summed E-state index contributed by atoms with van der Waals surface area (Å²) in [5.41, 5.74) is 1.23. The Bertz CT molecular complexity index is 555. The van der Waals surface area contributed by atoms with Crippen molar-refractivity contribution >= 4 is 17.7 Å². The van der Waals surface area contributed by atoms with Gasteiger partial charge in [-0.25, -0.2) is 0 Å². The van der Waals surface area contributed by atoms with Gasteiger partial charge in [-0.15, -0.1) is 0 Å². The minimum Gasteiger partial charge on any atom is -0.489 e. The molecular weight excluding hydrogens is 380 g/mol. The van der Waals surface area contributed by atoms with Gasteiger partial charge in [-0.2, -0.15) is 11.8 Å². The molecule has 166 valence electrons. The van der Waals surface area contributed by atoms with E-state index in [4.69, 9.17) is 9.84 Å². The molecule has 0 heterocycles. The Kier molecular flexibility index (Phi) is 14.0. The van der Waals surface area contributed by atoms with Gasteiger partial charge < -0.3 is 9.84 Å². The Balaban J connectivity index is 0.000000396. The number of para-hydroxylation sites is 1. The summed E-state index contributed by atoms with van der Waals surface area (Å²) >= 11 is 1.96. The fraction of sp³-hybridized carbons (Fsp3) is 0.720. The first-order valence-corrected chi connectivity index (χ1v) is 12.7. The molecule has 2 rings (SSSR count). The van der Waals surface area contributed by atoms with Crippen molar-refractivity contribution in [1.29, 1.82) is 0 Å². The molecule has 0 saturated heterocycles. The zero-order chi connectivity index (χ0) is 21.5. The largest absolute Gasteiger partial charge is 0.489 e. The third kappa shape index (κ3) is 11.6. The smallest absolute Gasteiger partial charge is 0.303 e. The maximum atomic E-state index is 9.96. The molecule has 1 aliphatic carbocycles. The molecule has 1 saturated carbocycles. The lowest BCUT2D eigenvalue weighted by molar-refractivity contribution is -0.137. The molecule has 1 fully saturated rings. The van der Waals surface area contributed by atoms with Crippen LogP contribution in [0.4, 0.5) is 0 Å². The zero-order valence-electron chi connectivity index (χ0n) is 19.0. The van der Waals surface area contributed by atoms with Crippen LogP contribution in [0.1, 0.15) is 90.0 Å². The van der Waals surface area contributed by atoms with Gasteiger partial charge in [0.25, 0.3) is 0 Å². The van der Waals surface area contributed by atoms with Crippen molar-refractivity contribution in [3.05, 3.63) is 29.8 Å². The number of rotatable bonds is 12. The number of thioether (sulfide) groups is 1. The molecule has 29 heavy (non-hydrogen) atoms. The van der Waals surface area contributed by atoms with Crippen molar-refractivity contribution in [1.82, 2.24) is 0 Å². The summed E-state index contributed by atoms with van der Waals surface area (Å²) in [7, 11) is 0. The highest BCUT2D eigenvalue weighted by Crippen LogP contribution is 2.32. The van der Waals surface area contributed by atoms with Gasteiger partial charge in [-0.05, 0) is 56.9 Å². The first-order valence-electron chi connectivity index (χ1n) is 11.4. The number of hydrogen-bond donors (Lipinski definition) is 1. The summed E-state index contributed by atoms with van der Waals surface area (Å²) in [4.78, 5) is 9.96. The second-order valence-electron chi connectivity index (χ2n) is 8.29. The third-order valence-electron chi connectivity index (χ3n) is 5.81. The number of hydrogen-bond acceptors (Lipinski definition) is 3. The number of carboxylic acids is 1. The monoisotopic (exact) mass is 422 g/mol. The van der Waals surface area contributed by atoms with Gasteiger partial charge in [0.15, 0.2) is 0 Å². The molecule has 0 aliphatic heterocycles. The molecule has 0 amide bonds. The highest BCUT2D eigenvalue weighted by atomic mass is 32.2. The summed E-state index contributed by atoms with van der Waals surface area (Å²) in [5, 5.41) is 8.82. The quantitative estimate of drug-likeness (QED) is 0.354. The third-order valence-corrected chi connectivity index (χ3v) is 7.04. The highest BCUT2D eigenvalue weighted by Gasteiger charge is 2.22. The molecule has 2 unspecified atom stereocenters. The predicted octanol–water partition coefficient (Wildman–Crippen LogP) is 7.51. The van der Waals surface area contributed by atoms with Crippen LogP contribution in [0.25, 0.3) is 0 Å². The van der Waals surface area contributed by atoms with Gasteiger partial charge in [0, 0.05) is 11.7 Å². The Morgan fingerprint density at radius 2 is 1.90 bits per heavy atom. The first-order chi connectivity index (χ1) is 14.0. The molecule has 0 spiro atoms. The molecule has 1 aromatic rings. The topological polar surface area (TPSA) is 46.5 Å². The number of ether oxygens (including phenoxy) is 1. The number of benzene rings is 1. The number of carbonyl (C=O) groups is 1. The second kappa shape index (κ2) is 15.6. The Morgan fingerprint density at radius 3 is 2.48 bits per heavy atom. The Labute approximate surface area is 183 Å². The summed E-state index contributed by atoms with van der Waals surface area (Å²) < 4.78 is 6.19. The molecule has 0 bridgehead atoms. The standard InChI is InChI=1S/C18H28OS.C7H14O2/c1-14-8-4-7-11-17(14)19-15(2)18(20-3)13-12-16-9-5-6-10-16;1-2-3-4-5-6-7(8)9/h4,7-8,11,15-16,18H,5-6,9-10,12-13H2,1-3H3;2-6H2,1H3,(H,8,9). The van der Waals surface area contributed by atoms with E-state index in [0.29, 0.717) is 11.7 Å². The number of aryl methyl sites for hydroxylation is 1. The highest BCUT2D eigenvalue weighted by molar-refractivity contribution is 7.99. The van der Waals surface area contributed by atoms with Crippen LogP contribution in [-0.2, 0) is 4.79 Å². The summed E-state index contributed by atoms with van der Waals surface area (Å²) in [6.45, 7) is 6.46. The van der Waals surface area contributed by atoms with E-state index < -0.39 is 5.97 Å². The molecule has 3 nitrogen and oxygen atoms in total. The number of aliphatic carboxylic acids is 1. The molecule has 0 aromatic heterocycles. The van der Waals surface area contributed by atoms with E-state index in [1.165, 1.54) is 50.5 Å². The Morgan fingerprint density at radius 1 is 1.21 bits per heavy atom. The Hall–Kier alpha value is -1.16. The SMILES string of the molecule is CCCCCCC(=O)O.CSC(CCC1CCCC1)C(C)Oc1ccccc1C. The van der Waals surface area contributed by atoms with Gasteiger partial charge in [0.2, 0.25) is 0 Å². The predicted molar refractivity (Wildman–Crippen MR) is 126 cm³/mol. The van der Waals surface area contributed by atoms with Crippen LogP contribution in [0.5, 0.6) is 5.75 Å². The van der Waals surface area contributed by atoms with Crippen molar-refractivity contribution in [3.63, 3.8) is 0 Å². The van der Waals surface area contributed by atoms with Crippen LogP contribution < -0.4 is 4.74 Å². The van der Waals surface area contributed by atoms with Crippen LogP contribution in [0, 0.1) is 12.8 Å². The van der Waals surface area contributed by atoms with Crippen molar-refractivity contribution in [2.24, 2.45) is 5.92 Å². The average Bonchev–Trinajstić information content (AvgIpc) is 3.21. The lowest BCUT2D eigenvalue weighted by Gasteiger charge is -2.25. The fourth-order valence-corrected chi connectivity index (χ4v) is 4.72. The number of carboxylic acid groups (broad SMARTS) is 1. The summed E-state index contributed by atoms with van der Waals surface area (Å²) in [5.74, 6) is 1.35. The van der Waals surface area contributed by atoms with E-state index in [0.717, 1.165) is 30.9 Å². The molecule has 1 aliphatic rings. The van der Waals surface area contributed by atoms with Crippen LogP contribution in [0.15, 0.2) is 24.3 Å². The van der Waals surface area contributed by atoms with E-state index in [-0.39, 0.29) is 6.10 Å². The first kappa shape index (κ1) is 25.9. The van der Waals surface area contributed by atoms with Gasteiger partial charge in [-0.1, -0.05) is 70.1 Å². The van der Waals surface area contributed by atoms with E-state index >= 15 is 0 Å². The maximum Gasteiger partial charge on any atom is 0.303 e. The van der Waals surface area contributed by atoms with Crippen molar-refractivity contribution in [2.45, 2.75) is 103 Å². The molecule has 4 heteroatoms. The van der Waals surface area contributed by atoms with Gasteiger partial charge in [0.05, 0.1) is 0 Å². The van der Waals surface area contributed by atoms with Crippen molar-refractivity contribution < 1.29 is 14.6 Å². The van der Waals surface area contributed by atoms with Gasteiger partial charge in [-0.3, -0.25) is 4.79 Å². The van der Waals surface area contributed by atoms with Gasteiger partial charge >= 0.3 is 5.97 Å². The molecular formula is C25H42O3S. The van der Waals surface area contributed by atoms with E-state index in [1.54, 1.807) is 0 Å². The minimum absolute atomic E-state index is 0.285. The normalized spacial score (nSPS) is 16.0. The second-order valence-corrected chi connectivity index (χ2v) is 9.37. The van der Waals surface area contributed by atoms with Crippen molar-refractivity contribution in [2.75, 3.05) is 6.26 Å². The average molecular weight is 423 g/mol. The molecule has 1 N–H and O–H groups in total. The lowest BCUT2D eigenvalue weighted by atomic mass is 9.99. The minimum atomic E-state index is -0.675. The van der Waals surface area contributed by atoms with E-state index in [1.807, 2.05) is 11.8 Å². The number of unbranched alkanes of at least 4 members (excludes halogenated alkanes) is 3. The lowest BCUT2D eigenvalue weighted by Crippen LogP contribution is -2.26. The van der Waals surface area contributed by atoms with Crippen LogP contribution in [0.2, 0.25) is 0 Å². The summed E-state index contributed by atoms with van der Waals surface area (Å²) in [6, 6.07) is 8.33.